The van der Waals surface area contributed by atoms with Gasteiger partial charge in [0.15, 0.2) is 14.4 Å². The van der Waals surface area contributed by atoms with Crippen LogP contribution in [0.3, 0.4) is 0 Å². The van der Waals surface area contributed by atoms with Crippen molar-refractivity contribution in [3.05, 3.63) is 0 Å². The largest absolute Gasteiger partial charge is 0.361 e. The van der Waals surface area contributed by atoms with Crippen molar-refractivity contribution in [2.24, 2.45) is 0 Å². The lowest BCUT2D eigenvalue weighted by atomic mass is 10.2. The van der Waals surface area contributed by atoms with Crippen molar-refractivity contribution in [1.29, 1.82) is 0 Å². The van der Waals surface area contributed by atoms with E-state index in [9.17, 15) is 13.2 Å². The van der Waals surface area contributed by atoms with Crippen molar-refractivity contribution >= 4 is 8.07 Å². The SMILES string of the molecule is FC(F)(F)[Si]1(CCOC2CCCCO2)CC1. The van der Waals surface area contributed by atoms with Gasteiger partial charge in [0.2, 0.25) is 0 Å². The first kappa shape index (κ1) is 12.4. The highest BCUT2D eigenvalue weighted by Gasteiger charge is 2.65. The zero-order valence-corrected chi connectivity index (χ0v) is 10.2. The van der Waals surface area contributed by atoms with Gasteiger partial charge in [-0.25, -0.2) is 0 Å². The van der Waals surface area contributed by atoms with Gasteiger partial charge in [0.25, 0.3) is 0 Å². The molecule has 2 rings (SSSR count). The van der Waals surface area contributed by atoms with Crippen LogP contribution in [0.25, 0.3) is 0 Å². The zero-order valence-electron chi connectivity index (χ0n) is 9.18. The van der Waals surface area contributed by atoms with Gasteiger partial charge in [0, 0.05) is 13.2 Å². The van der Waals surface area contributed by atoms with Crippen molar-refractivity contribution in [3.63, 3.8) is 0 Å². The monoisotopic (exact) mass is 254 g/mol. The number of halogens is 3. The summed E-state index contributed by atoms with van der Waals surface area (Å²) < 4.78 is 48.6. The molecule has 0 bridgehead atoms. The topological polar surface area (TPSA) is 18.5 Å². The first-order chi connectivity index (χ1) is 7.54. The van der Waals surface area contributed by atoms with Crippen LogP contribution in [0.1, 0.15) is 19.3 Å². The molecule has 0 amide bonds. The minimum Gasteiger partial charge on any atom is -0.353 e. The molecule has 0 saturated carbocycles. The summed E-state index contributed by atoms with van der Waals surface area (Å²) in [5, 5.41) is 0. The molecule has 2 fully saturated rings. The molecule has 2 saturated heterocycles. The summed E-state index contributed by atoms with van der Waals surface area (Å²) in [5.41, 5.74) is 0. The molecule has 2 aliphatic rings. The van der Waals surface area contributed by atoms with Crippen molar-refractivity contribution in [2.45, 2.75) is 49.5 Å². The lowest BCUT2D eigenvalue weighted by molar-refractivity contribution is -0.160. The summed E-state index contributed by atoms with van der Waals surface area (Å²) in [6.07, 6.45) is 2.64. The Morgan fingerprint density at radius 1 is 1.25 bits per heavy atom. The molecule has 0 radical (unpaired) electrons. The highest BCUT2D eigenvalue weighted by Crippen LogP contribution is 2.51. The van der Waals surface area contributed by atoms with Gasteiger partial charge in [0.1, 0.15) is 0 Å². The van der Waals surface area contributed by atoms with Gasteiger partial charge < -0.3 is 9.47 Å². The fraction of sp³-hybridized carbons (Fsp3) is 1.00. The smallest absolute Gasteiger partial charge is 0.353 e. The molecule has 0 aromatic carbocycles. The Bertz CT molecular complexity index is 235. The Morgan fingerprint density at radius 2 is 2.00 bits per heavy atom. The Hall–Kier alpha value is -0.0731. The molecule has 2 heterocycles. The zero-order chi connectivity index (χ0) is 11.6. The van der Waals surface area contributed by atoms with Gasteiger partial charge in [0.05, 0.1) is 0 Å². The lowest BCUT2D eigenvalue weighted by Crippen LogP contribution is -2.38. The van der Waals surface area contributed by atoms with E-state index in [0.29, 0.717) is 18.7 Å². The van der Waals surface area contributed by atoms with Gasteiger partial charge in [-0.15, -0.1) is 0 Å². The van der Waals surface area contributed by atoms with Crippen LogP contribution in [0.2, 0.25) is 18.1 Å². The minimum atomic E-state index is -3.93. The number of alkyl halides is 3. The Morgan fingerprint density at radius 3 is 2.50 bits per heavy atom. The van der Waals surface area contributed by atoms with Gasteiger partial charge in [-0.2, -0.15) is 13.2 Å². The average molecular weight is 254 g/mol. The maximum absolute atomic E-state index is 12.6. The van der Waals surface area contributed by atoms with Gasteiger partial charge >= 0.3 is 5.80 Å². The van der Waals surface area contributed by atoms with E-state index >= 15 is 0 Å². The molecule has 0 aromatic rings. The summed E-state index contributed by atoms with van der Waals surface area (Å²) >= 11 is 0. The minimum absolute atomic E-state index is 0.219. The van der Waals surface area contributed by atoms with E-state index in [0.717, 1.165) is 19.3 Å². The Balaban J connectivity index is 1.68. The number of rotatable bonds is 4. The third kappa shape index (κ3) is 2.78. The maximum Gasteiger partial charge on any atom is 0.361 e. The Labute approximate surface area is 94.1 Å². The lowest BCUT2D eigenvalue weighted by Gasteiger charge is -2.24. The van der Waals surface area contributed by atoms with Crippen LogP contribution in [0, 0.1) is 0 Å². The summed E-state index contributed by atoms with van der Waals surface area (Å²) in [7, 11) is -2.92. The fourth-order valence-corrected chi connectivity index (χ4v) is 5.12. The van der Waals surface area contributed by atoms with Crippen LogP contribution in [0.5, 0.6) is 0 Å². The third-order valence-electron chi connectivity index (χ3n) is 3.48. The first-order valence-corrected chi connectivity index (χ1v) is 8.46. The predicted octanol–water partition coefficient (Wildman–Crippen LogP) is 3.09. The summed E-state index contributed by atoms with van der Waals surface area (Å²) in [6, 6.07) is 1.01. The molecular weight excluding hydrogens is 237 g/mol. The molecule has 6 heteroatoms. The standard InChI is InChI=1S/C10H17F3O2Si/c11-10(12,13)16(7-8-16)6-5-15-9-3-1-2-4-14-9/h9H,1-8H2. The Kier molecular flexibility index (Phi) is 3.61. The van der Waals surface area contributed by atoms with Crippen LogP contribution in [0.4, 0.5) is 13.2 Å². The third-order valence-corrected chi connectivity index (χ3v) is 7.55. The van der Waals surface area contributed by atoms with Crippen molar-refractivity contribution in [1.82, 2.24) is 0 Å². The van der Waals surface area contributed by atoms with Crippen LogP contribution in [-0.2, 0) is 9.47 Å². The molecular formula is C10H17F3O2Si. The number of ether oxygens (including phenoxy) is 2. The van der Waals surface area contributed by atoms with E-state index in [1.165, 1.54) is 0 Å². The van der Waals surface area contributed by atoms with Crippen LogP contribution < -0.4 is 0 Å². The molecule has 2 aliphatic heterocycles. The summed E-state index contributed by atoms with van der Waals surface area (Å²) in [6.45, 7) is 0.892. The van der Waals surface area contributed by atoms with E-state index in [1.807, 2.05) is 0 Å². The average Bonchev–Trinajstić information content (AvgIpc) is 3.00. The van der Waals surface area contributed by atoms with E-state index in [1.54, 1.807) is 0 Å². The highest BCUT2D eigenvalue weighted by atomic mass is 28.3. The van der Waals surface area contributed by atoms with Crippen LogP contribution in [-0.4, -0.2) is 33.4 Å². The molecule has 1 unspecified atom stereocenters. The summed E-state index contributed by atoms with van der Waals surface area (Å²) in [5.74, 6) is -3.93. The summed E-state index contributed by atoms with van der Waals surface area (Å²) in [4.78, 5) is 0. The van der Waals surface area contributed by atoms with E-state index in [-0.39, 0.29) is 18.9 Å². The predicted molar refractivity (Wildman–Crippen MR) is 55.8 cm³/mol. The number of hydrogen-bond donors (Lipinski definition) is 0. The fourth-order valence-electron chi connectivity index (χ4n) is 2.05. The first-order valence-electron chi connectivity index (χ1n) is 5.83. The molecule has 94 valence electrons. The maximum atomic E-state index is 12.6. The molecule has 0 aromatic heterocycles. The number of hydrogen-bond acceptors (Lipinski definition) is 2. The molecule has 0 aliphatic carbocycles. The molecule has 0 spiro atoms. The normalized spacial score (nSPS) is 29.1. The van der Waals surface area contributed by atoms with E-state index < -0.39 is 13.9 Å². The van der Waals surface area contributed by atoms with Gasteiger partial charge in [-0.05, 0) is 25.3 Å². The second kappa shape index (κ2) is 4.66. The second-order valence-electron chi connectivity index (χ2n) is 4.70. The highest BCUT2D eigenvalue weighted by molar-refractivity contribution is 6.90. The van der Waals surface area contributed by atoms with E-state index in [2.05, 4.69) is 0 Å². The molecule has 1 atom stereocenters. The molecule has 16 heavy (non-hydrogen) atoms. The van der Waals surface area contributed by atoms with Gasteiger partial charge in [-0.3, -0.25) is 0 Å². The van der Waals surface area contributed by atoms with Gasteiger partial charge in [-0.1, -0.05) is 12.1 Å². The quantitative estimate of drug-likeness (QED) is 0.718. The molecule has 2 nitrogen and oxygen atoms in total. The van der Waals surface area contributed by atoms with E-state index in [4.69, 9.17) is 9.47 Å². The molecule has 0 N–H and O–H groups in total. The van der Waals surface area contributed by atoms with Crippen molar-refractivity contribution in [2.75, 3.05) is 13.2 Å². The van der Waals surface area contributed by atoms with Crippen LogP contribution >= 0.6 is 0 Å². The van der Waals surface area contributed by atoms with Crippen LogP contribution in [0.15, 0.2) is 0 Å². The second-order valence-corrected chi connectivity index (χ2v) is 9.32. The van der Waals surface area contributed by atoms with Crippen molar-refractivity contribution < 1.29 is 22.6 Å². The van der Waals surface area contributed by atoms with Crippen molar-refractivity contribution in [3.8, 4) is 0 Å².